The van der Waals surface area contributed by atoms with Gasteiger partial charge in [-0.25, -0.2) is 0 Å². The molecule has 1 fully saturated rings. The summed E-state index contributed by atoms with van der Waals surface area (Å²) in [7, 11) is 0. The maximum Gasteiger partial charge on any atom is 0.235 e. The Morgan fingerprint density at radius 1 is 1.07 bits per heavy atom. The van der Waals surface area contributed by atoms with E-state index in [0.29, 0.717) is 11.8 Å². The number of hydrogen-bond donors (Lipinski definition) is 1. The number of hydrogen-bond acceptors (Lipinski definition) is 3. The van der Waals surface area contributed by atoms with Crippen LogP contribution in [0.25, 0.3) is 0 Å². The second-order valence-electron chi connectivity index (χ2n) is 7.65. The summed E-state index contributed by atoms with van der Waals surface area (Å²) in [6.45, 7) is 4.95. The van der Waals surface area contributed by atoms with Gasteiger partial charge in [0.2, 0.25) is 11.8 Å². The molecule has 2 aromatic rings. The molecular formula is C24H30BrN3O2. The van der Waals surface area contributed by atoms with Gasteiger partial charge in [-0.05, 0) is 49.1 Å². The number of amides is 2. The molecule has 0 aromatic heterocycles. The fourth-order valence-corrected chi connectivity index (χ4v) is 4.10. The topological polar surface area (TPSA) is 52.7 Å². The summed E-state index contributed by atoms with van der Waals surface area (Å²) in [4.78, 5) is 28.5. The highest BCUT2D eigenvalue weighted by molar-refractivity contribution is 9.09. The van der Waals surface area contributed by atoms with Crippen LogP contribution in [0.4, 0.5) is 11.4 Å². The molecule has 0 unspecified atom stereocenters. The molecule has 1 aliphatic rings. The van der Waals surface area contributed by atoms with Crippen molar-refractivity contribution >= 4 is 39.1 Å². The lowest BCUT2D eigenvalue weighted by atomic mass is 10.0. The van der Waals surface area contributed by atoms with Gasteiger partial charge in [-0.1, -0.05) is 53.2 Å². The molecule has 0 radical (unpaired) electrons. The third kappa shape index (κ3) is 6.16. The van der Waals surface area contributed by atoms with Crippen LogP contribution in [0.1, 0.15) is 31.7 Å². The summed E-state index contributed by atoms with van der Waals surface area (Å²) in [6.07, 6.45) is 3.51. The van der Waals surface area contributed by atoms with Gasteiger partial charge in [0.05, 0.1) is 5.33 Å². The monoisotopic (exact) mass is 471 g/mol. The number of piperidine rings is 1. The molecule has 6 heteroatoms. The standard InChI is InChI=1S/C24H30BrN3O2/c1-2-24(30)28(21-6-4-3-5-7-21)22-13-16-27(17-14-22)15-12-19-8-10-20(11-9-19)26-23(29)18-25/h3-11,22H,2,12-18H2,1H3,(H,26,29). The first kappa shape index (κ1) is 22.5. The fraction of sp³-hybridized carbons (Fsp3) is 0.417. The lowest BCUT2D eigenvalue weighted by Gasteiger charge is -2.38. The fourth-order valence-electron chi connectivity index (χ4n) is 3.95. The number of halogens is 1. The Morgan fingerprint density at radius 3 is 2.33 bits per heavy atom. The molecule has 1 heterocycles. The van der Waals surface area contributed by atoms with Crippen LogP contribution in [0.15, 0.2) is 54.6 Å². The summed E-state index contributed by atoms with van der Waals surface area (Å²) in [6, 6.07) is 18.4. The van der Waals surface area contributed by atoms with Crippen LogP contribution in [0, 0.1) is 0 Å². The Labute approximate surface area is 187 Å². The molecule has 0 aliphatic carbocycles. The molecule has 0 atom stereocenters. The lowest BCUT2D eigenvalue weighted by Crippen LogP contribution is -2.47. The van der Waals surface area contributed by atoms with Crippen molar-refractivity contribution in [2.45, 2.75) is 38.6 Å². The van der Waals surface area contributed by atoms with Gasteiger partial charge in [-0.3, -0.25) is 9.59 Å². The van der Waals surface area contributed by atoms with E-state index in [-0.39, 0.29) is 17.9 Å². The maximum atomic E-state index is 12.6. The maximum absolute atomic E-state index is 12.6. The van der Waals surface area contributed by atoms with E-state index in [0.717, 1.165) is 50.3 Å². The molecule has 5 nitrogen and oxygen atoms in total. The Balaban J connectivity index is 1.50. The number of nitrogens with one attached hydrogen (secondary N) is 1. The summed E-state index contributed by atoms with van der Waals surface area (Å²) >= 11 is 3.15. The molecule has 1 aliphatic heterocycles. The third-order valence-electron chi connectivity index (χ3n) is 5.60. The van der Waals surface area contributed by atoms with Crippen LogP contribution in [0.2, 0.25) is 0 Å². The largest absolute Gasteiger partial charge is 0.325 e. The van der Waals surface area contributed by atoms with E-state index in [9.17, 15) is 9.59 Å². The van der Waals surface area contributed by atoms with Gasteiger partial charge in [-0.15, -0.1) is 0 Å². The molecule has 1 N–H and O–H groups in total. The van der Waals surface area contributed by atoms with Crippen molar-refractivity contribution in [3.63, 3.8) is 0 Å². The quantitative estimate of drug-likeness (QED) is 0.577. The zero-order chi connectivity index (χ0) is 21.3. The van der Waals surface area contributed by atoms with Crippen LogP contribution in [0.3, 0.4) is 0 Å². The molecule has 0 bridgehead atoms. The van der Waals surface area contributed by atoms with E-state index in [1.807, 2.05) is 54.3 Å². The van der Waals surface area contributed by atoms with Gasteiger partial charge < -0.3 is 15.1 Å². The Morgan fingerprint density at radius 2 is 1.73 bits per heavy atom. The summed E-state index contributed by atoms with van der Waals surface area (Å²) in [5, 5.41) is 3.14. The molecule has 0 saturated carbocycles. The van der Waals surface area contributed by atoms with Crippen LogP contribution < -0.4 is 10.2 Å². The minimum Gasteiger partial charge on any atom is -0.325 e. The SMILES string of the molecule is CCC(=O)N(c1ccccc1)C1CCN(CCc2ccc(NC(=O)CBr)cc2)CC1. The van der Waals surface area contributed by atoms with Crippen molar-refractivity contribution in [2.75, 3.05) is 35.2 Å². The molecule has 30 heavy (non-hydrogen) atoms. The van der Waals surface area contributed by atoms with E-state index in [1.54, 1.807) is 0 Å². The number of alkyl halides is 1. The molecule has 0 spiro atoms. The van der Waals surface area contributed by atoms with Gasteiger partial charge >= 0.3 is 0 Å². The van der Waals surface area contributed by atoms with Crippen molar-refractivity contribution in [3.8, 4) is 0 Å². The molecule has 160 valence electrons. The molecule has 3 rings (SSSR count). The van der Waals surface area contributed by atoms with Crippen LogP contribution in [-0.4, -0.2) is 47.7 Å². The summed E-state index contributed by atoms with van der Waals surface area (Å²) in [5.74, 6) is 0.156. The number of benzene rings is 2. The van der Waals surface area contributed by atoms with Crippen LogP contribution in [0.5, 0.6) is 0 Å². The van der Waals surface area contributed by atoms with Crippen molar-refractivity contribution in [1.29, 1.82) is 0 Å². The average molecular weight is 472 g/mol. The molecule has 1 saturated heterocycles. The number of likely N-dealkylation sites (tertiary alicyclic amines) is 1. The average Bonchev–Trinajstić information content (AvgIpc) is 2.80. The summed E-state index contributed by atoms with van der Waals surface area (Å²) in [5.41, 5.74) is 3.10. The Hall–Kier alpha value is -2.18. The molecule has 2 amide bonds. The number of anilines is 2. The van der Waals surface area contributed by atoms with Crippen molar-refractivity contribution in [2.24, 2.45) is 0 Å². The number of rotatable bonds is 8. The molecule has 2 aromatic carbocycles. The van der Waals surface area contributed by atoms with Crippen molar-refractivity contribution in [1.82, 2.24) is 4.90 Å². The highest BCUT2D eigenvalue weighted by atomic mass is 79.9. The van der Waals surface area contributed by atoms with Crippen molar-refractivity contribution < 1.29 is 9.59 Å². The van der Waals surface area contributed by atoms with Gasteiger partial charge in [0.15, 0.2) is 0 Å². The van der Waals surface area contributed by atoms with Crippen molar-refractivity contribution in [3.05, 3.63) is 60.2 Å². The zero-order valence-electron chi connectivity index (χ0n) is 17.5. The number of carbonyl (C=O) groups is 2. The lowest BCUT2D eigenvalue weighted by molar-refractivity contribution is -0.119. The molecular weight excluding hydrogens is 442 g/mol. The Kier molecular flexibility index (Phi) is 8.46. The van der Waals surface area contributed by atoms with E-state index in [1.165, 1.54) is 5.56 Å². The second-order valence-corrected chi connectivity index (χ2v) is 8.22. The first-order chi connectivity index (χ1) is 14.6. The van der Waals surface area contributed by atoms with E-state index in [4.69, 9.17) is 0 Å². The summed E-state index contributed by atoms with van der Waals surface area (Å²) < 4.78 is 0. The number of para-hydroxylation sites is 1. The number of carbonyl (C=O) groups excluding carboxylic acids is 2. The van der Waals surface area contributed by atoms with E-state index >= 15 is 0 Å². The highest BCUT2D eigenvalue weighted by Crippen LogP contribution is 2.24. The first-order valence-electron chi connectivity index (χ1n) is 10.6. The highest BCUT2D eigenvalue weighted by Gasteiger charge is 2.28. The van der Waals surface area contributed by atoms with E-state index < -0.39 is 0 Å². The van der Waals surface area contributed by atoms with Gasteiger partial charge in [-0.2, -0.15) is 0 Å². The minimum atomic E-state index is -0.0447. The van der Waals surface area contributed by atoms with Gasteiger partial charge in [0, 0.05) is 43.5 Å². The Bertz CT molecular complexity index is 818. The first-order valence-corrected chi connectivity index (χ1v) is 11.8. The van der Waals surface area contributed by atoms with Crippen LogP contribution >= 0.6 is 15.9 Å². The second kappa shape index (κ2) is 11.3. The minimum absolute atomic E-state index is 0.0447. The predicted octanol–water partition coefficient (Wildman–Crippen LogP) is 4.47. The smallest absolute Gasteiger partial charge is 0.235 e. The van der Waals surface area contributed by atoms with Gasteiger partial charge in [0.25, 0.3) is 0 Å². The number of nitrogens with zero attached hydrogens (tertiary/aromatic N) is 2. The van der Waals surface area contributed by atoms with Gasteiger partial charge in [0.1, 0.15) is 0 Å². The van der Waals surface area contributed by atoms with Crippen LogP contribution in [-0.2, 0) is 16.0 Å². The predicted molar refractivity (Wildman–Crippen MR) is 126 cm³/mol. The zero-order valence-corrected chi connectivity index (χ0v) is 19.1. The normalized spacial score (nSPS) is 15.0. The van der Waals surface area contributed by atoms with E-state index in [2.05, 4.69) is 38.3 Å². The third-order valence-corrected chi connectivity index (χ3v) is 6.11.